The number of nitrogens with zero attached hydrogens (tertiary/aromatic N) is 2. The molecule has 1 aromatic heterocycles. The SMILES string of the molecule is COCCn1c(CO)cs/c1=N\C(=O)C12CC3CC(CC(C3)C1)C2. The highest BCUT2D eigenvalue weighted by Gasteiger charge is 2.54. The molecule has 5 nitrogen and oxygen atoms in total. The van der Waals surface area contributed by atoms with Crippen molar-refractivity contribution in [3.63, 3.8) is 0 Å². The van der Waals surface area contributed by atoms with Gasteiger partial charge in [-0.1, -0.05) is 0 Å². The Kier molecular flexibility index (Phi) is 4.39. The Morgan fingerprint density at radius 3 is 2.50 bits per heavy atom. The van der Waals surface area contributed by atoms with E-state index in [-0.39, 0.29) is 17.9 Å². The summed E-state index contributed by atoms with van der Waals surface area (Å²) in [5.74, 6) is 2.31. The smallest absolute Gasteiger partial charge is 0.254 e. The molecule has 0 aliphatic heterocycles. The van der Waals surface area contributed by atoms with Crippen molar-refractivity contribution in [2.75, 3.05) is 13.7 Å². The van der Waals surface area contributed by atoms with Crippen LogP contribution in [-0.2, 0) is 22.7 Å². The number of aromatic nitrogens is 1. The summed E-state index contributed by atoms with van der Waals surface area (Å²) in [5.41, 5.74) is 0.603. The van der Waals surface area contributed by atoms with Crippen LogP contribution in [0.5, 0.6) is 0 Å². The van der Waals surface area contributed by atoms with Crippen molar-refractivity contribution < 1.29 is 14.6 Å². The molecule has 5 rings (SSSR count). The summed E-state index contributed by atoms with van der Waals surface area (Å²) >= 11 is 1.44. The van der Waals surface area contributed by atoms with E-state index in [2.05, 4.69) is 4.99 Å². The molecule has 0 atom stereocenters. The highest BCUT2D eigenvalue weighted by molar-refractivity contribution is 7.07. The van der Waals surface area contributed by atoms with Gasteiger partial charge < -0.3 is 14.4 Å². The van der Waals surface area contributed by atoms with E-state index in [1.807, 2.05) is 9.95 Å². The third-order valence-corrected chi connectivity index (χ3v) is 7.16. The molecule has 1 N–H and O–H groups in total. The Hall–Kier alpha value is -0.980. The molecule has 6 heteroatoms. The van der Waals surface area contributed by atoms with Crippen molar-refractivity contribution in [2.24, 2.45) is 28.2 Å². The van der Waals surface area contributed by atoms with Gasteiger partial charge in [-0.25, -0.2) is 0 Å². The fourth-order valence-corrected chi connectivity index (χ4v) is 6.49. The number of carbonyl (C=O) groups is 1. The number of rotatable bonds is 5. The summed E-state index contributed by atoms with van der Waals surface area (Å²) in [5, 5.41) is 11.4. The van der Waals surface area contributed by atoms with Crippen LogP contribution in [0.1, 0.15) is 44.2 Å². The first-order valence-corrected chi connectivity index (χ1v) is 9.87. The minimum atomic E-state index is -0.197. The second-order valence-corrected chi connectivity index (χ2v) is 8.76. The van der Waals surface area contributed by atoms with E-state index in [1.54, 1.807) is 7.11 Å². The molecule has 132 valence electrons. The van der Waals surface area contributed by atoms with Crippen LogP contribution in [0.25, 0.3) is 0 Å². The van der Waals surface area contributed by atoms with Crippen molar-refractivity contribution in [3.8, 4) is 0 Å². The van der Waals surface area contributed by atoms with E-state index >= 15 is 0 Å². The maximum absolute atomic E-state index is 13.1. The molecule has 24 heavy (non-hydrogen) atoms. The minimum absolute atomic E-state index is 0.0404. The average Bonchev–Trinajstić information content (AvgIpc) is 2.93. The Morgan fingerprint density at radius 2 is 1.96 bits per heavy atom. The summed E-state index contributed by atoms with van der Waals surface area (Å²) < 4.78 is 7.07. The van der Waals surface area contributed by atoms with Gasteiger partial charge in [-0.05, 0) is 56.3 Å². The molecule has 1 heterocycles. The molecule has 4 bridgehead atoms. The lowest BCUT2D eigenvalue weighted by Gasteiger charge is -2.55. The lowest BCUT2D eigenvalue weighted by Crippen LogP contribution is -2.50. The summed E-state index contributed by atoms with van der Waals surface area (Å²) in [4.78, 5) is 18.4. The molecule has 4 saturated carbocycles. The fourth-order valence-electron chi connectivity index (χ4n) is 5.58. The molecule has 1 amide bonds. The first kappa shape index (κ1) is 16.5. The quantitative estimate of drug-likeness (QED) is 0.886. The maximum atomic E-state index is 13.1. The minimum Gasteiger partial charge on any atom is -0.390 e. The molecule has 4 aliphatic carbocycles. The van der Waals surface area contributed by atoms with E-state index in [0.717, 1.165) is 42.7 Å². The molecule has 0 spiro atoms. The third-order valence-electron chi connectivity index (χ3n) is 6.25. The Bertz CT molecular complexity index is 655. The van der Waals surface area contributed by atoms with Crippen LogP contribution in [0, 0.1) is 23.2 Å². The van der Waals surface area contributed by atoms with Gasteiger partial charge in [-0.15, -0.1) is 11.3 Å². The average molecular weight is 350 g/mol. The Labute approximate surface area is 146 Å². The first-order valence-electron chi connectivity index (χ1n) is 8.99. The number of hydrogen-bond acceptors (Lipinski definition) is 4. The van der Waals surface area contributed by atoms with Gasteiger partial charge in [-0.3, -0.25) is 4.79 Å². The molecule has 1 aromatic rings. The van der Waals surface area contributed by atoms with Crippen molar-refractivity contribution in [2.45, 2.75) is 51.7 Å². The number of amides is 1. The van der Waals surface area contributed by atoms with E-state index < -0.39 is 0 Å². The van der Waals surface area contributed by atoms with Gasteiger partial charge in [-0.2, -0.15) is 4.99 Å². The number of methoxy groups -OCH3 is 1. The lowest BCUT2D eigenvalue weighted by atomic mass is 9.49. The normalized spacial score (nSPS) is 34.9. The van der Waals surface area contributed by atoms with Crippen LogP contribution in [-0.4, -0.2) is 29.3 Å². The number of carbonyl (C=O) groups excluding carboxylic acids is 1. The van der Waals surface area contributed by atoms with Crippen LogP contribution in [0.3, 0.4) is 0 Å². The third kappa shape index (κ3) is 2.78. The van der Waals surface area contributed by atoms with Gasteiger partial charge in [0.1, 0.15) is 0 Å². The first-order chi connectivity index (χ1) is 11.6. The Morgan fingerprint density at radius 1 is 1.33 bits per heavy atom. The maximum Gasteiger partial charge on any atom is 0.254 e. The second-order valence-electron chi connectivity index (χ2n) is 7.93. The zero-order valence-electron chi connectivity index (χ0n) is 14.2. The van der Waals surface area contributed by atoms with Crippen LogP contribution in [0.2, 0.25) is 0 Å². The summed E-state index contributed by atoms with van der Waals surface area (Å²) in [6.45, 7) is 1.12. The monoisotopic (exact) mass is 350 g/mol. The van der Waals surface area contributed by atoms with Gasteiger partial charge in [0.15, 0.2) is 4.80 Å². The number of hydrogen-bond donors (Lipinski definition) is 1. The molecule has 0 unspecified atom stereocenters. The number of thiazole rings is 1. The molecule has 4 aliphatic rings. The van der Waals surface area contributed by atoms with Gasteiger partial charge in [0.2, 0.25) is 0 Å². The summed E-state index contributed by atoms with van der Waals surface area (Å²) in [6, 6.07) is 0. The summed E-state index contributed by atoms with van der Waals surface area (Å²) in [6.07, 6.45) is 7.10. The highest BCUT2D eigenvalue weighted by Crippen LogP contribution is 2.60. The lowest BCUT2D eigenvalue weighted by molar-refractivity contribution is -0.142. The van der Waals surface area contributed by atoms with Gasteiger partial charge in [0.25, 0.3) is 5.91 Å². The van der Waals surface area contributed by atoms with Crippen molar-refractivity contribution in [1.82, 2.24) is 4.57 Å². The van der Waals surface area contributed by atoms with Crippen molar-refractivity contribution in [1.29, 1.82) is 0 Å². The van der Waals surface area contributed by atoms with Crippen LogP contribution < -0.4 is 4.80 Å². The molecule has 4 fully saturated rings. The molecule has 0 radical (unpaired) electrons. The van der Waals surface area contributed by atoms with Crippen molar-refractivity contribution in [3.05, 3.63) is 15.9 Å². The summed E-state index contributed by atoms with van der Waals surface area (Å²) in [7, 11) is 1.66. The van der Waals surface area contributed by atoms with Crippen LogP contribution in [0.15, 0.2) is 10.4 Å². The number of aliphatic hydroxyl groups is 1. The topological polar surface area (TPSA) is 63.8 Å². The van der Waals surface area contributed by atoms with Crippen molar-refractivity contribution >= 4 is 17.2 Å². The van der Waals surface area contributed by atoms with Crippen LogP contribution >= 0.6 is 11.3 Å². The second kappa shape index (κ2) is 6.39. The zero-order chi connectivity index (χ0) is 16.7. The van der Waals surface area contributed by atoms with E-state index in [9.17, 15) is 9.90 Å². The number of aliphatic hydroxyl groups excluding tert-OH is 1. The van der Waals surface area contributed by atoms with Crippen LogP contribution in [0.4, 0.5) is 0 Å². The fraction of sp³-hybridized carbons (Fsp3) is 0.778. The highest BCUT2D eigenvalue weighted by atomic mass is 32.1. The largest absolute Gasteiger partial charge is 0.390 e. The standard InChI is InChI=1S/C18H26N2O3S/c1-23-3-2-20-15(10-21)11-24-17(20)19-16(22)18-7-12-4-13(8-18)6-14(5-12)9-18/h11-14,21H,2-10H2,1H3/b19-17-. The predicted octanol–water partition coefficient (Wildman–Crippen LogP) is 2.33. The van der Waals surface area contributed by atoms with Gasteiger partial charge >= 0.3 is 0 Å². The molecular weight excluding hydrogens is 324 g/mol. The van der Waals surface area contributed by atoms with E-state index in [1.165, 1.54) is 30.6 Å². The zero-order valence-corrected chi connectivity index (χ0v) is 15.1. The predicted molar refractivity (Wildman–Crippen MR) is 91.3 cm³/mol. The molecule has 0 aromatic carbocycles. The van der Waals surface area contributed by atoms with E-state index in [4.69, 9.17) is 4.74 Å². The Balaban J connectivity index is 1.64. The molecule has 0 saturated heterocycles. The van der Waals surface area contributed by atoms with Gasteiger partial charge in [0, 0.05) is 19.0 Å². The van der Waals surface area contributed by atoms with Gasteiger partial charge in [0.05, 0.1) is 24.3 Å². The van der Waals surface area contributed by atoms with E-state index in [0.29, 0.717) is 18.0 Å². The molecular formula is C18H26N2O3S. The number of ether oxygens (including phenoxy) is 1.